The van der Waals surface area contributed by atoms with Crippen molar-refractivity contribution in [2.75, 3.05) is 33.5 Å². The summed E-state index contributed by atoms with van der Waals surface area (Å²) in [4.78, 5) is 0. The van der Waals surface area contributed by atoms with Crippen LogP contribution in [-0.4, -0.2) is 39.0 Å². The SMILES string of the molecule is COCCCOCCC1(CNC(C)(C)C)CC1. The molecule has 0 atom stereocenters. The fraction of sp³-hybridized carbons (Fsp3) is 1.00. The van der Waals surface area contributed by atoms with Crippen LogP contribution in [0.4, 0.5) is 0 Å². The van der Waals surface area contributed by atoms with Crippen molar-refractivity contribution in [3.63, 3.8) is 0 Å². The van der Waals surface area contributed by atoms with E-state index in [1.165, 1.54) is 19.3 Å². The van der Waals surface area contributed by atoms with Crippen molar-refractivity contribution >= 4 is 0 Å². The Balaban J connectivity index is 2.02. The van der Waals surface area contributed by atoms with Crippen molar-refractivity contribution in [2.45, 2.75) is 52.0 Å². The van der Waals surface area contributed by atoms with Crippen LogP contribution in [0.25, 0.3) is 0 Å². The molecule has 0 aromatic heterocycles. The average molecular weight is 243 g/mol. The first-order valence-electron chi connectivity index (χ1n) is 6.79. The van der Waals surface area contributed by atoms with Gasteiger partial charge >= 0.3 is 0 Å². The summed E-state index contributed by atoms with van der Waals surface area (Å²) in [6, 6.07) is 0. The molecule has 0 heterocycles. The zero-order valence-corrected chi connectivity index (χ0v) is 12.0. The minimum Gasteiger partial charge on any atom is -0.385 e. The van der Waals surface area contributed by atoms with Crippen molar-refractivity contribution in [3.8, 4) is 0 Å². The van der Waals surface area contributed by atoms with E-state index >= 15 is 0 Å². The number of hydrogen-bond acceptors (Lipinski definition) is 3. The Bertz CT molecular complexity index is 207. The lowest BCUT2D eigenvalue weighted by Crippen LogP contribution is -2.40. The highest BCUT2D eigenvalue weighted by atomic mass is 16.5. The predicted molar refractivity (Wildman–Crippen MR) is 71.4 cm³/mol. The molecule has 1 saturated carbocycles. The van der Waals surface area contributed by atoms with Gasteiger partial charge in [0.05, 0.1) is 0 Å². The molecule has 0 spiro atoms. The molecule has 1 aliphatic rings. The lowest BCUT2D eigenvalue weighted by Gasteiger charge is -2.25. The van der Waals surface area contributed by atoms with Gasteiger partial charge in [-0.25, -0.2) is 0 Å². The zero-order chi connectivity index (χ0) is 12.8. The molecule has 0 amide bonds. The first-order valence-corrected chi connectivity index (χ1v) is 6.79. The first-order chi connectivity index (χ1) is 7.97. The normalized spacial score (nSPS) is 18.4. The van der Waals surface area contributed by atoms with Gasteiger partial charge in [-0.3, -0.25) is 0 Å². The van der Waals surface area contributed by atoms with Crippen LogP contribution in [0.15, 0.2) is 0 Å². The second-order valence-corrected chi connectivity index (χ2v) is 6.31. The lowest BCUT2D eigenvalue weighted by molar-refractivity contribution is 0.0905. The third-order valence-corrected chi connectivity index (χ3v) is 3.36. The van der Waals surface area contributed by atoms with E-state index in [1.54, 1.807) is 7.11 Å². The Labute approximate surface area is 106 Å². The first kappa shape index (κ1) is 14.9. The summed E-state index contributed by atoms with van der Waals surface area (Å²) >= 11 is 0. The maximum atomic E-state index is 5.64. The van der Waals surface area contributed by atoms with Gasteiger partial charge in [0.1, 0.15) is 0 Å². The van der Waals surface area contributed by atoms with E-state index in [9.17, 15) is 0 Å². The molecule has 0 aromatic rings. The highest BCUT2D eigenvalue weighted by molar-refractivity contribution is 4.96. The van der Waals surface area contributed by atoms with Crippen LogP contribution in [0.3, 0.4) is 0 Å². The van der Waals surface area contributed by atoms with Crippen molar-refractivity contribution in [2.24, 2.45) is 5.41 Å². The van der Waals surface area contributed by atoms with Crippen LogP contribution >= 0.6 is 0 Å². The average Bonchev–Trinajstić information content (AvgIpc) is 3.01. The second kappa shape index (κ2) is 6.72. The van der Waals surface area contributed by atoms with Crippen molar-refractivity contribution < 1.29 is 9.47 Å². The van der Waals surface area contributed by atoms with E-state index in [-0.39, 0.29) is 5.54 Å². The largest absolute Gasteiger partial charge is 0.385 e. The monoisotopic (exact) mass is 243 g/mol. The molecule has 1 fully saturated rings. The van der Waals surface area contributed by atoms with Gasteiger partial charge in [-0.15, -0.1) is 0 Å². The summed E-state index contributed by atoms with van der Waals surface area (Å²) < 4.78 is 10.6. The number of ether oxygens (including phenoxy) is 2. The van der Waals surface area contributed by atoms with E-state index in [4.69, 9.17) is 9.47 Å². The zero-order valence-electron chi connectivity index (χ0n) is 12.0. The number of hydrogen-bond donors (Lipinski definition) is 1. The van der Waals surface area contributed by atoms with E-state index in [2.05, 4.69) is 26.1 Å². The maximum Gasteiger partial charge on any atom is 0.0487 e. The number of methoxy groups -OCH3 is 1. The van der Waals surface area contributed by atoms with E-state index < -0.39 is 0 Å². The second-order valence-electron chi connectivity index (χ2n) is 6.31. The maximum absolute atomic E-state index is 5.64. The third-order valence-electron chi connectivity index (χ3n) is 3.36. The smallest absolute Gasteiger partial charge is 0.0487 e. The van der Waals surface area contributed by atoms with Crippen molar-refractivity contribution in [3.05, 3.63) is 0 Å². The highest BCUT2D eigenvalue weighted by Gasteiger charge is 2.42. The molecule has 1 N–H and O–H groups in total. The lowest BCUT2D eigenvalue weighted by atomic mass is 10.0. The van der Waals surface area contributed by atoms with Gasteiger partial charge in [-0.2, -0.15) is 0 Å². The Morgan fingerprint density at radius 1 is 1.12 bits per heavy atom. The van der Waals surface area contributed by atoms with Gasteiger partial charge in [-0.1, -0.05) is 0 Å². The molecule has 0 bridgehead atoms. The molecule has 1 aliphatic carbocycles. The Morgan fingerprint density at radius 2 is 1.82 bits per heavy atom. The summed E-state index contributed by atoms with van der Waals surface area (Å²) in [6.45, 7) is 10.3. The Morgan fingerprint density at radius 3 is 2.35 bits per heavy atom. The van der Waals surface area contributed by atoms with Crippen LogP contribution in [0, 0.1) is 5.41 Å². The fourth-order valence-electron chi connectivity index (χ4n) is 1.84. The van der Waals surface area contributed by atoms with Crippen LogP contribution < -0.4 is 5.32 Å². The molecule has 0 radical (unpaired) electrons. The molecule has 0 unspecified atom stereocenters. The van der Waals surface area contributed by atoms with E-state index in [0.717, 1.165) is 32.8 Å². The minimum atomic E-state index is 0.231. The van der Waals surface area contributed by atoms with E-state index in [1.807, 2.05) is 0 Å². The Hall–Kier alpha value is -0.120. The highest BCUT2D eigenvalue weighted by Crippen LogP contribution is 2.48. The van der Waals surface area contributed by atoms with Crippen molar-refractivity contribution in [1.29, 1.82) is 0 Å². The topological polar surface area (TPSA) is 30.5 Å². The number of rotatable bonds is 9. The van der Waals surface area contributed by atoms with Gasteiger partial charge in [0.15, 0.2) is 0 Å². The molecule has 17 heavy (non-hydrogen) atoms. The van der Waals surface area contributed by atoms with Gasteiger partial charge in [0.25, 0.3) is 0 Å². The molecule has 1 rings (SSSR count). The Kier molecular flexibility index (Phi) is 5.90. The summed E-state index contributed by atoms with van der Waals surface area (Å²) in [6.07, 6.45) is 4.92. The molecule has 102 valence electrons. The van der Waals surface area contributed by atoms with E-state index in [0.29, 0.717) is 5.41 Å². The standard InChI is InChI=1S/C14H29NO2/c1-13(2,3)15-12-14(6-7-14)8-11-17-10-5-9-16-4/h15H,5-12H2,1-4H3. The third kappa shape index (κ3) is 7.02. The molecule has 3 nitrogen and oxygen atoms in total. The van der Waals surface area contributed by atoms with Crippen LogP contribution in [0.2, 0.25) is 0 Å². The van der Waals surface area contributed by atoms with Crippen LogP contribution in [0.1, 0.15) is 46.5 Å². The molecule has 0 aliphatic heterocycles. The molecule has 0 saturated heterocycles. The fourth-order valence-corrected chi connectivity index (χ4v) is 1.84. The van der Waals surface area contributed by atoms with Gasteiger partial charge in [0, 0.05) is 39.0 Å². The summed E-state index contributed by atoms with van der Waals surface area (Å²) in [5.41, 5.74) is 0.767. The van der Waals surface area contributed by atoms with Gasteiger partial charge in [-0.05, 0) is 51.9 Å². The molecular formula is C14H29NO2. The predicted octanol–water partition coefficient (Wildman–Crippen LogP) is 2.60. The van der Waals surface area contributed by atoms with Gasteiger partial charge < -0.3 is 14.8 Å². The molecular weight excluding hydrogens is 214 g/mol. The van der Waals surface area contributed by atoms with Crippen molar-refractivity contribution in [1.82, 2.24) is 5.32 Å². The summed E-state index contributed by atoms with van der Waals surface area (Å²) in [5.74, 6) is 0. The quantitative estimate of drug-likeness (QED) is 0.631. The number of nitrogens with one attached hydrogen (secondary N) is 1. The molecule has 0 aromatic carbocycles. The minimum absolute atomic E-state index is 0.231. The van der Waals surface area contributed by atoms with Gasteiger partial charge in [0.2, 0.25) is 0 Å². The summed E-state index contributed by atoms with van der Waals surface area (Å²) in [5, 5.41) is 3.61. The molecule has 3 heteroatoms. The summed E-state index contributed by atoms with van der Waals surface area (Å²) in [7, 11) is 1.73. The van der Waals surface area contributed by atoms with Crippen LogP contribution in [-0.2, 0) is 9.47 Å². The van der Waals surface area contributed by atoms with Crippen LogP contribution in [0.5, 0.6) is 0 Å².